The zero-order valence-corrected chi connectivity index (χ0v) is 12.9. The number of nitrogens with one attached hydrogen (secondary N) is 1. The van der Waals surface area contributed by atoms with E-state index < -0.39 is 0 Å². The van der Waals surface area contributed by atoms with Crippen LogP contribution in [0.3, 0.4) is 0 Å². The lowest BCUT2D eigenvalue weighted by Gasteiger charge is -2.37. The van der Waals surface area contributed by atoms with Crippen molar-refractivity contribution >= 4 is 16.5 Å². The largest absolute Gasteiger partial charge is 0.345 e. The summed E-state index contributed by atoms with van der Waals surface area (Å²) in [7, 11) is 0. The average Bonchev–Trinajstić information content (AvgIpc) is 3.02. The smallest absolute Gasteiger partial charge is 0.185 e. The first kappa shape index (κ1) is 13.4. The molecule has 3 nitrogen and oxygen atoms in total. The number of rotatable bonds is 5. The van der Waals surface area contributed by atoms with Crippen molar-refractivity contribution in [2.24, 2.45) is 0 Å². The van der Waals surface area contributed by atoms with Crippen molar-refractivity contribution in [3.05, 3.63) is 11.1 Å². The van der Waals surface area contributed by atoms with Gasteiger partial charge in [-0.3, -0.25) is 0 Å². The Morgan fingerprint density at radius 1 is 1.32 bits per heavy atom. The monoisotopic (exact) mass is 279 g/mol. The molecule has 0 spiro atoms. The molecule has 4 heteroatoms. The lowest BCUT2D eigenvalue weighted by atomic mass is 9.98. The summed E-state index contributed by atoms with van der Waals surface area (Å²) in [5.74, 6) is 0. The summed E-state index contributed by atoms with van der Waals surface area (Å²) in [6.07, 6.45) is 7.61. The topological polar surface area (TPSA) is 28.2 Å². The van der Waals surface area contributed by atoms with Gasteiger partial charge in [0, 0.05) is 30.1 Å². The van der Waals surface area contributed by atoms with Crippen LogP contribution in [0.4, 0.5) is 5.13 Å². The van der Waals surface area contributed by atoms with Gasteiger partial charge >= 0.3 is 0 Å². The molecular formula is C15H25N3S. The van der Waals surface area contributed by atoms with Gasteiger partial charge in [0.15, 0.2) is 5.13 Å². The first-order chi connectivity index (χ1) is 9.30. The molecule has 3 rings (SSSR count). The number of hydrogen-bond acceptors (Lipinski definition) is 4. The molecule has 0 aromatic carbocycles. The maximum atomic E-state index is 4.82. The summed E-state index contributed by atoms with van der Waals surface area (Å²) in [5.41, 5.74) is 1.25. The van der Waals surface area contributed by atoms with E-state index in [-0.39, 0.29) is 0 Å². The molecule has 2 aliphatic rings. The summed E-state index contributed by atoms with van der Waals surface area (Å²) < 4.78 is 0. The molecule has 1 aromatic heterocycles. The number of anilines is 1. The molecule has 19 heavy (non-hydrogen) atoms. The Labute approximate surface area is 120 Å². The van der Waals surface area contributed by atoms with Gasteiger partial charge in [-0.2, -0.15) is 0 Å². The van der Waals surface area contributed by atoms with Gasteiger partial charge in [0.1, 0.15) is 0 Å². The molecule has 2 aliphatic heterocycles. The third kappa shape index (κ3) is 2.79. The first-order valence-corrected chi connectivity index (χ1v) is 8.65. The molecule has 1 N–H and O–H groups in total. The number of piperidine rings is 1. The molecule has 2 unspecified atom stereocenters. The Morgan fingerprint density at radius 3 is 2.63 bits per heavy atom. The standard InChI is InChI=1S/C15H25N3S/c1-3-7-18(15-17-11(4-2)10-19-15)14-8-12-5-6-13(9-14)16-12/h10,12-14,16H,3-9H2,1-2H3. The number of aromatic nitrogens is 1. The van der Waals surface area contributed by atoms with Crippen molar-refractivity contribution in [3.8, 4) is 0 Å². The van der Waals surface area contributed by atoms with E-state index in [1.165, 1.54) is 42.9 Å². The zero-order valence-electron chi connectivity index (χ0n) is 12.1. The number of fused-ring (bicyclic) bond motifs is 2. The van der Waals surface area contributed by atoms with Crippen LogP contribution in [0.1, 0.15) is 51.6 Å². The molecule has 0 radical (unpaired) electrons. The Kier molecular flexibility index (Phi) is 4.08. The van der Waals surface area contributed by atoms with Crippen molar-refractivity contribution in [2.75, 3.05) is 11.4 Å². The highest BCUT2D eigenvalue weighted by Crippen LogP contribution is 2.33. The van der Waals surface area contributed by atoms with Gasteiger partial charge in [-0.1, -0.05) is 13.8 Å². The summed E-state index contributed by atoms with van der Waals surface area (Å²) in [4.78, 5) is 7.41. The van der Waals surface area contributed by atoms with Crippen LogP contribution in [-0.2, 0) is 6.42 Å². The van der Waals surface area contributed by atoms with E-state index in [1.54, 1.807) is 0 Å². The van der Waals surface area contributed by atoms with Gasteiger partial charge in [-0.15, -0.1) is 11.3 Å². The highest BCUT2D eigenvalue weighted by atomic mass is 32.1. The Morgan fingerprint density at radius 2 is 2.05 bits per heavy atom. The van der Waals surface area contributed by atoms with E-state index in [4.69, 9.17) is 4.98 Å². The lowest BCUT2D eigenvalue weighted by Crippen LogP contribution is -2.48. The molecular weight excluding hydrogens is 254 g/mol. The molecule has 1 aromatic rings. The Balaban J connectivity index is 1.76. The van der Waals surface area contributed by atoms with Crippen LogP contribution in [0.5, 0.6) is 0 Å². The van der Waals surface area contributed by atoms with Crippen LogP contribution in [0.15, 0.2) is 5.38 Å². The summed E-state index contributed by atoms with van der Waals surface area (Å²) in [6.45, 7) is 5.62. The second-order valence-electron chi connectivity index (χ2n) is 5.93. The van der Waals surface area contributed by atoms with E-state index in [1.807, 2.05) is 11.3 Å². The quantitative estimate of drug-likeness (QED) is 0.897. The summed E-state index contributed by atoms with van der Waals surface area (Å²) in [6, 6.07) is 2.22. The SMILES string of the molecule is CCCN(c1nc(CC)cs1)C1CC2CCC(C1)N2. The van der Waals surface area contributed by atoms with Gasteiger partial charge in [0.2, 0.25) is 0 Å². The van der Waals surface area contributed by atoms with E-state index in [2.05, 4.69) is 29.4 Å². The molecule has 0 amide bonds. The fraction of sp³-hybridized carbons (Fsp3) is 0.800. The predicted octanol–water partition coefficient (Wildman–Crippen LogP) is 3.20. The van der Waals surface area contributed by atoms with Gasteiger partial charge < -0.3 is 10.2 Å². The minimum Gasteiger partial charge on any atom is -0.345 e. The van der Waals surface area contributed by atoms with Crippen molar-refractivity contribution in [3.63, 3.8) is 0 Å². The maximum absolute atomic E-state index is 4.82. The second-order valence-corrected chi connectivity index (χ2v) is 6.77. The number of aryl methyl sites for hydroxylation is 1. The summed E-state index contributed by atoms with van der Waals surface area (Å²) >= 11 is 1.83. The Hall–Kier alpha value is -0.610. The molecule has 0 saturated carbocycles. The minimum atomic E-state index is 0.703. The molecule has 106 valence electrons. The normalized spacial score (nSPS) is 29.7. The average molecular weight is 279 g/mol. The molecule has 0 aliphatic carbocycles. The van der Waals surface area contributed by atoms with Crippen LogP contribution < -0.4 is 10.2 Å². The van der Waals surface area contributed by atoms with Crippen LogP contribution in [0.2, 0.25) is 0 Å². The van der Waals surface area contributed by atoms with E-state index >= 15 is 0 Å². The van der Waals surface area contributed by atoms with Gasteiger partial charge in [-0.05, 0) is 38.5 Å². The van der Waals surface area contributed by atoms with Crippen molar-refractivity contribution in [1.29, 1.82) is 0 Å². The maximum Gasteiger partial charge on any atom is 0.185 e. The molecule has 3 heterocycles. The fourth-order valence-electron chi connectivity index (χ4n) is 3.55. The van der Waals surface area contributed by atoms with Crippen LogP contribution in [0, 0.1) is 0 Å². The third-order valence-electron chi connectivity index (χ3n) is 4.50. The highest BCUT2D eigenvalue weighted by molar-refractivity contribution is 7.13. The number of thiazole rings is 1. The Bertz CT molecular complexity index is 405. The zero-order chi connectivity index (χ0) is 13.2. The van der Waals surface area contributed by atoms with Crippen molar-refractivity contribution < 1.29 is 0 Å². The number of hydrogen-bond donors (Lipinski definition) is 1. The van der Waals surface area contributed by atoms with Crippen molar-refractivity contribution in [2.45, 2.75) is 70.5 Å². The van der Waals surface area contributed by atoms with E-state index in [0.717, 1.165) is 25.0 Å². The third-order valence-corrected chi connectivity index (χ3v) is 5.43. The van der Waals surface area contributed by atoms with E-state index in [0.29, 0.717) is 6.04 Å². The lowest BCUT2D eigenvalue weighted by molar-refractivity contribution is 0.346. The molecule has 2 atom stereocenters. The predicted molar refractivity (Wildman–Crippen MR) is 82.1 cm³/mol. The number of nitrogens with zero attached hydrogens (tertiary/aromatic N) is 2. The van der Waals surface area contributed by atoms with Crippen LogP contribution in [0.25, 0.3) is 0 Å². The van der Waals surface area contributed by atoms with Crippen LogP contribution in [-0.4, -0.2) is 29.7 Å². The van der Waals surface area contributed by atoms with E-state index in [9.17, 15) is 0 Å². The molecule has 2 bridgehead atoms. The summed E-state index contributed by atoms with van der Waals surface area (Å²) in [5, 5.41) is 7.23. The second kappa shape index (κ2) is 5.80. The molecule has 2 saturated heterocycles. The van der Waals surface area contributed by atoms with Gasteiger partial charge in [0.25, 0.3) is 0 Å². The molecule has 2 fully saturated rings. The van der Waals surface area contributed by atoms with Gasteiger partial charge in [-0.25, -0.2) is 4.98 Å². The fourth-order valence-corrected chi connectivity index (χ4v) is 4.55. The van der Waals surface area contributed by atoms with Gasteiger partial charge in [0.05, 0.1) is 5.69 Å². The minimum absolute atomic E-state index is 0.703. The highest BCUT2D eigenvalue weighted by Gasteiger charge is 2.36. The van der Waals surface area contributed by atoms with Crippen molar-refractivity contribution in [1.82, 2.24) is 10.3 Å². The first-order valence-electron chi connectivity index (χ1n) is 7.77. The van der Waals surface area contributed by atoms with Crippen LogP contribution >= 0.6 is 11.3 Å².